The van der Waals surface area contributed by atoms with Crippen LogP contribution in [0, 0.1) is 0 Å². The number of benzene rings is 1. The van der Waals surface area contributed by atoms with Gasteiger partial charge in [0.15, 0.2) is 0 Å². The summed E-state index contributed by atoms with van der Waals surface area (Å²) in [4.78, 5) is 10.2. The zero-order valence-corrected chi connectivity index (χ0v) is 12.2. The van der Waals surface area contributed by atoms with Crippen molar-refractivity contribution < 1.29 is 5.11 Å². The Bertz CT molecular complexity index is 535. The van der Waals surface area contributed by atoms with Gasteiger partial charge in [0.2, 0.25) is 0 Å². The van der Waals surface area contributed by atoms with Gasteiger partial charge < -0.3 is 10.0 Å². The highest BCUT2D eigenvalue weighted by Gasteiger charge is 2.18. The van der Waals surface area contributed by atoms with Gasteiger partial charge in [-0.3, -0.25) is 4.90 Å². The Morgan fingerprint density at radius 3 is 2.50 bits per heavy atom. The zero-order chi connectivity index (χ0) is 13.8. The minimum Gasteiger partial charge on any atom is -0.391 e. The predicted octanol–water partition coefficient (Wildman–Crippen LogP) is 1.96. The van der Waals surface area contributed by atoms with E-state index in [1.165, 1.54) is 5.69 Å². The van der Waals surface area contributed by atoms with Gasteiger partial charge in [-0.2, -0.15) is 0 Å². The molecule has 2 aromatic rings. The first kappa shape index (κ1) is 13.5. The standard InChI is InChI=1S/C15H19N3OS/c19-12-14-10-16-15(20-14)11-17-6-8-18(9-7-17)13-4-2-1-3-5-13/h1-5,10,19H,6-9,11-12H2. The van der Waals surface area contributed by atoms with Gasteiger partial charge in [0.05, 0.1) is 18.0 Å². The number of para-hydroxylation sites is 1. The average molecular weight is 289 g/mol. The molecule has 0 amide bonds. The molecule has 0 atom stereocenters. The molecule has 106 valence electrons. The molecule has 0 spiro atoms. The first-order valence-electron chi connectivity index (χ1n) is 6.92. The summed E-state index contributed by atoms with van der Waals surface area (Å²) in [6.07, 6.45) is 1.78. The van der Waals surface area contributed by atoms with Gasteiger partial charge in [0.1, 0.15) is 5.01 Å². The minimum atomic E-state index is 0.0967. The third kappa shape index (κ3) is 3.17. The number of aliphatic hydroxyl groups is 1. The molecule has 1 fully saturated rings. The highest BCUT2D eigenvalue weighted by atomic mass is 32.1. The monoisotopic (exact) mass is 289 g/mol. The maximum atomic E-state index is 9.07. The van der Waals surface area contributed by atoms with Crippen molar-refractivity contribution in [2.75, 3.05) is 31.1 Å². The quantitative estimate of drug-likeness (QED) is 0.934. The molecule has 1 aromatic carbocycles. The number of anilines is 1. The van der Waals surface area contributed by atoms with Crippen LogP contribution in [0.2, 0.25) is 0 Å². The maximum Gasteiger partial charge on any atom is 0.107 e. The number of nitrogens with zero attached hydrogens (tertiary/aromatic N) is 3. The van der Waals surface area contributed by atoms with E-state index in [2.05, 4.69) is 45.1 Å². The van der Waals surface area contributed by atoms with Crippen molar-refractivity contribution in [2.45, 2.75) is 13.2 Å². The third-order valence-corrected chi connectivity index (χ3v) is 4.58. The molecule has 0 saturated carbocycles. The fraction of sp³-hybridized carbons (Fsp3) is 0.400. The highest BCUT2D eigenvalue weighted by Crippen LogP contribution is 2.18. The van der Waals surface area contributed by atoms with E-state index in [-0.39, 0.29) is 6.61 Å². The Balaban J connectivity index is 1.53. The molecule has 1 aliphatic heterocycles. The van der Waals surface area contributed by atoms with Gasteiger partial charge in [-0.25, -0.2) is 4.98 Å². The van der Waals surface area contributed by atoms with E-state index >= 15 is 0 Å². The van der Waals surface area contributed by atoms with Crippen LogP contribution in [0.25, 0.3) is 0 Å². The van der Waals surface area contributed by atoms with Crippen LogP contribution in [0.5, 0.6) is 0 Å². The Hall–Kier alpha value is -1.43. The SMILES string of the molecule is OCc1cnc(CN2CCN(c3ccccc3)CC2)s1. The number of thiazole rings is 1. The molecular formula is C15H19N3OS. The summed E-state index contributed by atoms with van der Waals surface area (Å²) in [5.74, 6) is 0. The van der Waals surface area contributed by atoms with Crippen molar-refractivity contribution in [3.05, 3.63) is 46.4 Å². The Morgan fingerprint density at radius 1 is 1.10 bits per heavy atom. The van der Waals surface area contributed by atoms with Gasteiger partial charge in [0, 0.05) is 38.1 Å². The highest BCUT2D eigenvalue weighted by molar-refractivity contribution is 7.11. The van der Waals surface area contributed by atoms with E-state index in [0.717, 1.165) is 42.6 Å². The summed E-state index contributed by atoms with van der Waals surface area (Å²) >= 11 is 1.61. The lowest BCUT2D eigenvalue weighted by atomic mass is 10.2. The summed E-state index contributed by atoms with van der Waals surface area (Å²) in [5, 5.41) is 10.2. The first-order chi connectivity index (χ1) is 9.85. The minimum absolute atomic E-state index is 0.0967. The molecular weight excluding hydrogens is 270 g/mol. The summed E-state index contributed by atoms with van der Waals surface area (Å²) in [6, 6.07) is 10.6. The molecule has 0 bridgehead atoms. The van der Waals surface area contributed by atoms with Gasteiger partial charge in [-0.15, -0.1) is 11.3 Å². The van der Waals surface area contributed by atoms with E-state index < -0.39 is 0 Å². The van der Waals surface area contributed by atoms with Crippen LogP contribution in [0.3, 0.4) is 0 Å². The molecule has 3 rings (SSSR count). The van der Waals surface area contributed by atoms with Crippen molar-refractivity contribution in [1.82, 2.24) is 9.88 Å². The maximum absolute atomic E-state index is 9.07. The van der Waals surface area contributed by atoms with Crippen molar-refractivity contribution >= 4 is 17.0 Å². The Kier molecular flexibility index (Phi) is 4.30. The normalized spacial score (nSPS) is 16.6. The lowest BCUT2D eigenvalue weighted by Gasteiger charge is -2.35. The Labute approximate surface area is 123 Å². The van der Waals surface area contributed by atoms with E-state index in [9.17, 15) is 0 Å². The van der Waals surface area contributed by atoms with Crippen LogP contribution in [0.1, 0.15) is 9.88 Å². The molecule has 5 heteroatoms. The van der Waals surface area contributed by atoms with Crippen LogP contribution < -0.4 is 4.90 Å². The van der Waals surface area contributed by atoms with Crippen molar-refractivity contribution in [2.24, 2.45) is 0 Å². The van der Waals surface area contributed by atoms with Crippen molar-refractivity contribution in [3.8, 4) is 0 Å². The second-order valence-electron chi connectivity index (χ2n) is 4.98. The average Bonchev–Trinajstić information content (AvgIpc) is 2.97. The van der Waals surface area contributed by atoms with E-state index in [1.807, 2.05) is 0 Å². The predicted molar refractivity (Wildman–Crippen MR) is 82.0 cm³/mol. The number of hydrogen-bond acceptors (Lipinski definition) is 5. The van der Waals surface area contributed by atoms with Crippen molar-refractivity contribution in [3.63, 3.8) is 0 Å². The molecule has 1 saturated heterocycles. The molecule has 4 nitrogen and oxygen atoms in total. The zero-order valence-electron chi connectivity index (χ0n) is 11.4. The fourth-order valence-corrected chi connectivity index (χ4v) is 3.31. The lowest BCUT2D eigenvalue weighted by molar-refractivity contribution is 0.249. The molecule has 2 heterocycles. The van der Waals surface area contributed by atoms with Crippen LogP contribution >= 0.6 is 11.3 Å². The molecule has 1 N–H and O–H groups in total. The third-order valence-electron chi connectivity index (χ3n) is 3.61. The van der Waals surface area contributed by atoms with E-state index in [1.54, 1.807) is 17.5 Å². The van der Waals surface area contributed by atoms with E-state index in [0.29, 0.717) is 0 Å². The number of piperazine rings is 1. The number of aliphatic hydroxyl groups excluding tert-OH is 1. The summed E-state index contributed by atoms with van der Waals surface area (Å²) in [7, 11) is 0. The van der Waals surface area contributed by atoms with Crippen LogP contribution in [0.15, 0.2) is 36.5 Å². The molecule has 0 unspecified atom stereocenters. The van der Waals surface area contributed by atoms with Gasteiger partial charge in [-0.1, -0.05) is 18.2 Å². The molecule has 0 aliphatic carbocycles. The van der Waals surface area contributed by atoms with Crippen LogP contribution in [0.4, 0.5) is 5.69 Å². The van der Waals surface area contributed by atoms with Gasteiger partial charge >= 0.3 is 0 Å². The molecule has 0 radical (unpaired) electrons. The lowest BCUT2D eigenvalue weighted by Crippen LogP contribution is -2.45. The van der Waals surface area contributed by atoms with Crippen LogP contribution in [-0.2, 0) is 13.2 Å². The number of hydrogen-bond donors (Lipinski definition) is 1. The largest absolute Gasteiger partial charge is 0.391 e. The van der Waals surface area contributed by atoms with E-state index in [4.69, 9.17) is 5.11 Å². The van der Waals surface area contributed by atoms with Gasteiger partial charge in [-0.05, 0) is 12.1 Å². The van der Waals surface area contributed by atoms with Crippen LogP contribution in [-0.4, -0.2) is 41.2 Å². The molecule has 1 aliphatic rings. The molecule has 1 aromatic heterocycles. The second-order valence-corrected chi connectivity index (χ2v) is 6.18. The fourth-order valence-electron chi connectivity index (χ4n) is 2.49. The van der Waals surface area contributed by atoms with Crippen molar-refractivity contribution in [1.29, 1.82) is 0 Å². The summed E-state index contributed by atoms with van der Waals surface area (Å²) in [5.41, 5.74) is 1.31. The first-order valence-corrected chi connectivity index (χ1v) is 7.73. The number of rotatable bonds is 4. The second kappa shape index (κ2) is 6.35. The topological polar surface area (TPSA) is 39.6 Å². The summed E-state index contributed by atoms with van der Waals surface area (Å²) in [6.45, 7) is 5.23. The summed E-state index contributed by atoms with van der Waals surface area (Å²) < 4.78 is 0. The Morgan fingerprint density at radius 2 is 1.85 bits per heavy atom. The van der Waals surface area contributed by atoms with Gasteiger partial charge in [0.25, 0.3) is 0 Å². The smallest absolute Gasteiger partial charge is 0.107 e. The number of aromatic nitrogens is 1. The molecule has 20 heavy (non-hydrogen) atoms.